The van der Waals surface area contributed by atoms with E-state index in [0.29, 0.717) is 6.54 Å². The first-order valence-corrected chi connectivity index (χ1v) is 4.64. The Morgan fingerprint density at radius 1 is 1.38 bits per heavy atom. The molecule has 2 N–H and O–H groups in total. The Balaban J connectivity index is 2.66. The van der Waals surface area contributed by atoms with Crippen molar-refractivity contribution >= 4 is 5.97 Å². The van der Waals surface area contributed by atoms with Crippen LogP contribution in [0.3, 0.4) is 0 Å². The molecule has 1 rings (SSSR count). The smallest absolute Gasteiger partial charge is 0.355 e. The van der Waals surface area contributed by atoms with Gasteiger partial charge in [-0.3, -0.25) is 9.78 Å². The van der Waals surface area contributed by atoms with Crippen molar-refractivity contribution in [2.45, 2.75) is 0 Å². The van der Waals surface area contributed by atoms with Gasteiger partial charge < -0.3 is 14.6 Å². The zero-order valence-electron chi connectivity index (χ0n) is 9.07. The third-order valence-corrected chi connectivity index (χ3v) is 1.75. The number of likely N-dealkylation sites (N-methyl/N-ethyl adjacent to an activating group) is 1. The van der Waals surface area contributed by atoms with Gasteiger partial charge in [0.15, 0.2) is 0 Å². The van der Waals surface area contributed by atoms with Crippen LogP contribution >= 0.6 is 0 Å². The van der Waals surface area contributed by atoms with Gasteiger partial charge in [0.2, 0.25) is 0 Å². The van der Waals surface area contributed by atoms with E-state index in [2.05, 4.69) is 4.98 Å². The molecule has 1 aromatic heterocycles. The third kappa shape index (κ3) is 3.70. The summed E-state index contributed by atoms with van der Waals surface area (Å²) in [6.07, 6.45) is 0. The van der Waals surface area contributed by atoms with Crippen molar-refractivity contribution < 1.29 is 9.53 Å². The Hall–Kier alpha value is -1.89. The number of H-pyrrole nitrogens is 2. The molecule has 1 heterocycles. The van der Waals surface area contributed by atoms with Gasteiger partial charge in [-0.05, 0) is 14.1 Å². The first kappa shape index (κ1) is 12.2. The third-order valence-electron chi connectivity index (χ3n) is 1.75. The highest BCUT2D eigenvalue weighted by Crippen LogP contribution is 1.91. The maximum absolute atomic E-state index is 11.4. The average Bonchev–Trinajstić information content (AvgIpc) is 2.15. The van der Waals surface area contributed by atoms with Gasteiger partial charge in [0.05, 0.1) is 0 Å². The van der Waals surface area contributed by atoms with Gasteiger partial charge in [-0.25, -0.2) is 9.59 Å². The summed E-state index contributed by atoms with van der Waals surface area (Å²) in [5, 5.41) is 0. The lowest BCUT2D eigenvalue weighted by molar-refractivity contribution is 0.0474. The van der Waals surface area contributed by atoms with Gasteiger partial charge in [0, 0.05) is 12.6 Å². The monoisotopic (exact) mass is 227 g/mol. The lowest BCUT2D eigenvalue weighted by atomic mass is 10.4. The minimum atomic E-state index is -0.730. The summed E-state index contributed by atoms with van der Waals surface area (Å²) in [6, 6.07) is 0.986. The highest BCUT2D eigenvalue weighted by Gasteiger charge is 2.09. The highest BCUT2D eigenvalue weighted by molar-refractivity contribution is 5.86. The van der Waals surface area contributed by atoms with Crippen LogP contribution in [-0.2, 0) is 4.74 Å². The molecule has 0 spiro atoms. The molecular formula is C9H13N3O4. The standard InChI is InChI=1S/C9H13N3O4/c1-12(2)3-4-16-8(14)6-5-7(13)11-9(15)10-6/h5H,3-4H2,1-2H3,(H2,10,11,13,15). The number of nitrogens with one attached hydrogen (secondary N) is 2. The zero-order chi connectivity index (χ0) is 12.1. The molecule has 0 saturated carbocycles. The Morgan fingerprint density at radius 2 is 2.06 bits per heavy atom. The van der Waals surface area contributed by atoms with Crippen molar-refractivity contribution in [1.29, 1.82) is 0 Å². The quantitative estimate of drug-likeness (QED) is 0.629. The summed E-state index contributed by atoms with van der Waals surface area (Å²) >= 11 is 0. The van der Waals surface area contributed by atoms with Gasteiger partial charge in [-0.1, -0.05) is 0 Å². The normalized spacial score (nSPS) is 10.4. The minimum absolute atomic E-state index is 0.146. The fraction of sp³-hybridized carbons (Fsp3) is 0.444. The SMILES string of the molecule is CN(C)CCOC(=O)c1cc(=O)[nH]c(=O)[nH]1. The summed E-state index contributed by atoms with van der Waals surface area (Å²) in [6.45, 7) is 0.764. The Bertz CT molecular complexity index is 446. The van der Waals surface area contributed by atoms with Crippen LogP contribution in [-0.4, -0.2) is 48.1 Å². The van der Waals surface area contributed by atoms with Crippen molar-refractivity contribution in [3.63, 3.8) is 0 Å². The summed E-state index contributed by atoms with van der Waals surface area (Å²) < 4.78 is 4.85. The lowest BCUT2D eigenvalue weighted by Crippen LogP contribution is -2.26. The van der Waals surface area contributed by atoms with Crippen molar-refractivity contribution in [3.05, 3.63) is 32.6 Å². The highest BCUT2D eigenvalue weighted by atomic mass is 16.5. The molecule has 1 aromatic rings. The first-order chi connectivity index (χ1) is 7.49. The second kappa shape index (κ2) is 5.26. The molecule has 7 nitrogen and oxygen atoms in total. The van der Waals surface area contributed by atoms with Crippen molar-refractivity contribution in [2.75, 3.05) is 27.2 Å². The van der Waals surface area contributed by atoms with Crippen LogP contribution < -0.4 is 11.2 Å². The van der Waals surface area contributed by atoms with Crippen LogP contribution in [0.25, 0.3) is 0 Å². The second-order valence-electron chi connectivity index (χ2n) is 3.44. The van der Waals surface area contributed by atoms with Gasteiger partial charge in [-0.2, -0.15) is 0 Å². The number of ether oxygens (including phenoxy) is 1. The topological polar surface area (TPSA) is 95.3 Å². The maximum atomic E-state index is 11.4. The van der Waals surface area contributed by atoms with E-state index in [1.165, 1.54) is 0 Å². The Morgan fingerprint density at radius 3 is 2.62 bits per heavy atom. The maximum Gasteiger partial charge on any atom is 0.355 e. The first-order valence-electron chi connectivity index (χ1n) is 4.64. The van der Waals surface area contributed by atoms with Crippen LogP contribution in [0.4, 0.5) is 0 Å². The number of carbonyl (C=O) groups is 1. The summed E-state index contributed by atoms with van der Waals surface area (Å²) in [7, 11) is 3.67. The van der Waals surface area contributed by atoms with Crippen molar-refractivity contribution in [2.24, 2.45) is 0 Å². The molecule has 0 fully saturated rings. The van der Waals surface area contributed by atoms with Crippen LogP contribution in [0, 0.1) is 0 Å². The number of aromatic nitrogens is 2. The van der Waals surface area contributed by atoms with Gasteiger partial charge in [0.1, 0.15) is 12.3 Å². The molecule has 0 aliphatic carbocycles. The number of esters is 1. The van der Waals surface area contributed by atoms with Crippen LogP contribution in [0.15, 0.2) is 15.7 Å². The fourth-order valence-corrected chi connectivity index (χ4v) is 0.977. The molecule has 0 aliphatic heterocycles. The molecule has 7 heteroatoms. The number of carbonyl (C=O) groups excluding carboxylic acids is 1. The summed E-state index contributed by atoms with van der Waals surface area (Å²) in [5.41, 5.74) is -1.51. The molecule has 16 heavy (non-hydrogen) atoms. The molecule has 0 amide bonds. The number of nitrogens with zero attached hydrogens (tertiary/aromatic N) is 1. The predicted octanol–water partition coefficient (Wildman–Crippen LogP) is -1.22. The summed E-state index contributed by atoms with van der Waals surface area (Å²) in [5.74, 6) is -0.718. The van der Waals surface area contributed by atoms with Crippen molar-refractivity contribution in [3.8, 4) is 0 Å². The molecule has 0 bridgehead atoms. The predicted molar refractivity (Wildman–Crippen MR) is 56.5 cm³/mol. The Labute approximate surface area is 91.1 Å². The van der Waals surface area contributed by atoms with Gasteiger partial charge >= 0.3 is 11.7 Å². The van der Waals surface area contributed by atoms with E-state index < -0.39 is 17.2 Å². The molecule has 88 valence electrons. The zero-order valence-corrected chi connectivity index (χ0v) is 9.07. The van der Waals surface area contributed by atoms with E-state index in [0.717, 1.165) is 6.07 Å². The number of aromatic amines is 2. The van der Waals surface area contributed by atoms with E-state index >= 15 is 0 Å². The second-order valence-corrected chi connectivity index (χ2v) is 3.44. The summed E-state index contributed by atoms with van der Waals surface area (Å²) in [4.78, 5) is 39.1. The van der Waals surface area contributed by atoms with E-state index in [1.54, 1.807) is 0 Å². The lowest BCUT2D eigenvalue weighted by Gasteiger charge is -2.09. The van der Waals surface area contributed by atoms with E-state index in [4.69, 9.17) is 4.74 Å². The number of hydrogen-bond acceptors (Lipinski definition) is 5. The van der Waals surface area contributed by atoms with Crippen molar-refractivity contribution in [1.82, 2.24) is 14.9 Å². The van der Waals surface area contributed by atoms with Gasteiger partial charge in [-0.15, -0.1) is 0 Å². The molecule has 0 atom stereocenters. The average molecular weight is 227 g/mol. The molecule has 0 unspecified atom stereocenters. The number of hydrogen-bond donors (Lipinski definition) is 2. The molecule has 0 aliphatic rings. The van der Waals surface area contributed by atoms with E-state index in [9.17, 15) is 14.4 Å². The fourth-order valence-electron chi connectivity index (χ4n) is 0.977. The van der Waals surface area contributed by atoms with E-state index in [-0.39, 0.29) is 12.3 Å². The molecular weight excluding hydrogens is 214 g/mol. The van der Waals surface area contributed by atoms with Crippen LogP contribution in [0.1, 0.15) is 10.5 Å². The molecule has 0 radical (unpaired) electrons. The van der Waals surface area contributed by atoms with Crippen LogP contribution in [0.5, 0.6) is 0 Å². The van der Waals surface area contributed by atoms with E-state index in [1.807, 2.05) is 24.0 Å². The minimum Gasteiger partial charge on any atom is -0.460 e. The molecule has 0 saturated heterocycles. The molecule has 0 aromatic carbocycles. The largest absolute Gasteiger partial charge is 0.460 e. The Kier molecular flexibility index (Phi) is 4.01. The van der Waals surface area contributed by atoms with Gasteiger partial charge in [0.25, 0.3) is 5.56 Å². The number of rotatable bonds is 4. The van der Waals surface area contributed by atoms with Crippen LogP contribution in [0.2, 0.25) is 0 Å².